The van der Waals surface area contributed by atoms with Crippen molar-refractivity contribution in [3.05, 3.63) is 35.2 Å². The van der Waals surface area contributed by atoms with Crippen molar-refractivity contribution in [1.82, 2.24) is 9.97 Å². The van der Waals surface area contributed by atoms with Gasteiger partial charge in [0.25, 0.3) is 0 Å². The molecule has 8 heteroatoms. The topological polar surface area (TPSA) is 58.0 Å². The molecule has 0 aliphatic rings. The number of halogens is 2. The first-order valence-corrected chi connectivity index (χ1v) is 11.3. The average molecular weight is 468 g/mol. The number of pyridine rings is 2. The van der Waals surface area contributed by atoms with Gasteiger partial charge in [-0.3, -0.25) is 0 Å². The van der Waals surface area contributed by atoms with Crippen LogP contribution in [0.1, 0.15) is 12.0 Å². The summed E-state index contributed by atoms with van der Waals surface area (Å²) >= 11 is 9.94. The summed E-state index contributed by atoms with van der Waals surface area (Å²) in [6.07, 6.45) is 4.33. The van der Waals surface area contributed by atoms with E-state index in [4.69, 9.17) is 16.7 Å². The summed E-state index contributed by atoms with van der Waals surface area (Å²) in [6.45, 7) is 2.21. The molecule has 22 heavy (non-hydrogen) atoms. The zero-order chi connectivity index (χ0) is 15.9. The molecule has 0 bridgehead atoms. The predicted molar refractivity (Wildman–Crippen MR) is 105 cm³/mol. The highest BCUT2D eigenvalue weighted by molar-refractivity contribution is 14.2. The third-order valence-corrected chi connectivity index (χ3v) is 5.86. The third kappa shape index (κ3) is 4.64. The smallest absolute Gasteiger partial charge is 0.153 e. The van der Waals surface area contributed by atoms with Gasteiger partial charge in [0, 0.05) is 51.5 Å². The zero-order valence-electron chi connectivity index (χ0n) is 11.8. The Kier molecular flexibility index (Phi) is 7.55. The Morgan fingerprint density at radius 3 is 2.95 bits per heavy atom. The minimum atomic E-state index is 0.188. The van der Waals surface area contributed by atoms with Crippen molar-refractivity contribution in [1.29, 1.82) is 0 Å². The van der Waals surface area contributed by atoms with Gasteiger partial charge in [-0.05, 0) is 45.5 Å². The van der Waals surface area contributed by atoms with Gasteiger partial charge >= 0.3 is 0 Å². The molecule has 118 valence electrons. The number of rotatable bonds is 7. The summed E-state index contributed by atoms with van der Waals surface area (Å²) in [4.78, 5) is 8.57. The minimum Gasteiger partial charge on any atom is -0.396 e. The summed E-state index contributed by atoms with van der Waals surface area (Å²) < 4.78 is 3.24. The van der Waals surface area contributed by atoms with Crippen molar-refractivity contribution in [2.24, 2.45) is 0 Å². The van der Waals surface area contributed by atoms with Crippen LogP contribution in [-0.4, -0.2) is 27.4 Å². The molecule has 0 saturated carbocycles. The lowest BCUT2D eigenvalue weighted by atomic mass is 10.0. The number of hydrogen-bond donors (Lipinski definition) is 2. The number of aliphatic hydroxyl groups excluding tert-OH is 1. The van der Waals surface area contributed by atoms with Crippen LogP contribution in [0.15, 0.2) is 29.6 Å². The Hall–Kier alpha value is -0.220. The van der Waals surface area contributed by atoms with E-state index in [1.54, 1.807) is 21.3 Å². The molecule has 2 N–H and O–H groups in total. The van der Waals surface area contributed by atoms with Crippen LogP contribution in [0.3, 0.4) is 0 Å². The van der Waals surface area contributed by atoms with Crippen LogP contribution < -0.4 is 4.72 Å². The van der Waals surface area contributed by atoms with Crippen molar-refractivity contribution in [3.8, 4) is 11.1 Å². The first-order valence-electron chi connectivity index (χ1n) is 6.56. The predicted octanol–water partition coefficient (Wildman–Crippen LogP) is 4.99. The van der Waals surface area contributed by atoms with Crippen molar-refractivity contribution >= 4 is 59.4 Å². The SMILES string of the molecule is Cc1c(-c2ccnc(SI)c2)cnc(Cl)c1NSCCCO. The summed E-state index contributed by atoms with van der Waals surface area (Å²) in [5.41, 5.74) is 3.97. The van der Waals surface area contributed by atoms with E-state index in [0.717, 1.165) is 39.6 Å². The van der Waals surface area contributed by atoms with Crippen LogP contribution in [0.5, 0.6) is 0 Å². The van der Waals surface area contributed by atoms with E-state index < -0.39 is 0 Å². The summed E-state index contributed by atoms with van der Waals surface area (Å²) in [6, 6.07) is 4.01. The lowest BCUT2D eigenvalue weighted by Crippen LogP contribution is -1.98. The highest BCUT2D eigenvalue weighted by Crippen LogP contribution is 2.35. The standard InChI is InChI=1S/C14H15ClIN3OS2/c1-9-11(10-3-4-17-12(7-10)22-16)8-18-14(15)13(9)19-21-6-2-5-20/h3-4,7-8,19-20H,2,5-6H2,1H3. The van der Waals surface area contributed by atoms with Gasteiger partial charge in [0.05, 0.1) is 5.69 Å². The van der Waals surface area contributed by atoms with E-state index in [2.05, 4.69) is 35.9 Å². The zero-order valence-corrected chi connectivity index (χ0v) is 16.4. The maximum atomic E-state index is 8.83. The van der Waals surface area contributed by atoms with Gasteiger partial charge < -0.3 is 9.83 Å². The Morgan fingerprint density at radius 2 is 2.23 bits per heavy atom. The lowest BCUT2D eigenvalue weighted by Gasteiger charge is -2.14. The van der Waals surface area contributed by atoms with Crippen molar-refractivity contribution in [2.75, 3.05) is 17.1 Å². The molecule has 0 saturated heterocycles. The Bertz CT molecular complexity index is 645. The monoisotopic (exact) mass is 467 g/mol. The minimum absolute atomic E-state index is 0.188. The van der Waals surface area contributed by atoms with E-state index in [9.17, 15) is 0 Å². The maximum absolute atomic E-state index is 8.83. The number of aromatic nitrogens is 2. The van der Waals surface area contributed by atoms with Gasteiger partial charge in [-0.25, -0.2) is 9.97 Å². The molecule has 0 spiro atoms. The number of aliphatic hydroxyl groups is 1. The molecule has 2 aromatic rings. The van der Waals surface area contributed by atoms with E-state index in [1.807, 2.05) is 19.1 Å². The molecule has 0 amide bonds. The van der Waals surface area contributed by atoms with E-state index in [0.29, 0.717) is 5.15 Å². The number of hydrogen-bond acceptors (Lipinski definition) is 6. The first-order chi connectivity index (χ1) is 10.7. The van der Waals surface area contributed by atoms with Crippen LogP contribution in [-0.2, 0) is 0 Å². The number of anilines is 1. The number of nitrogens with one attached hydrogen (secondary N) is 1. The van der Waals surface area contributed by atoms with Crippen molar-refractivity contribution in [3.63, 3.8) is 0 Å². The van der Waals surface area contributed by atoms with Gasteiger partial charge in [0.15, 0.2) is 5.15 Å². The Balaban J connectivity index is 2.29. The summed E-state index contributed by atoms with van der Waals surface area (Å²) in [7, 11) is 1.58. The third-order valence-electron chi connectivity index (χ3n) is 3.00. The van der Waals surface area contributed by atoms with Crippen molar-refractivity contribution < 1.29 is 5.11 Å². The fourth-order valence-corrected chi connectivity index (χ4v) is 3.92. The molecule has 0 radical (unpaired) electrons. The fraction of sp³-hybridized carbons (Fsp3) is 0.286. The van der Waals surface area contributed by atoms with Gasteiger partial charge in [-0.15, -0.1) is 0 Å². The number of nitrogens with zero attached hydrogens (tertiary/aromatic N) is 2. The quantitative estimate of drug-likeness (QED) is 0.259. The second-order valence-electron chi connectivity index (χ2n) is 4.45. The molecule has 4 nitrogen and oxygen atoms in total. The Morgan fingerprint density at radius 1 is 1.41 bits per heavy atom. The second-order valence-corrected chi connectivity index (χ2v) is 7.60. The van der Waals surface area contributed by atoms with Gasteiger partial charge in [-0.2, -0.15) is 0 Å². The summed E-state index contributed by atoms with van der Waals surface area (Å²) in [5, 5.41) is 10.2. The lowest BCUT2D eigenvalue weighted by molar-refractivity contribution is 0.296. The molecular weight excluding hydrogens is 453 g/mol. The largest absolute Gasteiger partial charge is 0.396 e. The molecule has 2 heterocycles. The molecule has 0 aromatic carbocycles. The molecular formula is C14H15ClIN3OS2. The molecule has 0 aliphatic heterocycles. The molecule has 2 rings (SSSR count). The van der Waals surface area contributed by atoms with Gasteiger partial charge in [-0.1, -0.05) is 23.5 Å². The van der Waals surface area contributed by atoms with Crippen LogP contribution in [0.4, 0.5) is 5.69 Å². The van der Waals surface area contributed by atoms with Crippen LogP contribution in [0, 0.1) is 6.92 Å². The fourth-order valence-electron chi connectivity index (χ4n) is 1.86. The van der Waals surface area contributed by atoms with Crippen molar-refractivity contribution in [2.45, 2.75) is 18.4 Å². The van der Waals surface area contributed by atoms with Gasteiger partial charge in [0.1, 0.15) is 5.03 Å². The molecule has 0 aliphatic carbocycles. The van der Waals surface area contributed by atoms with Gasteiger partial charge in [0.2, 0.25) is 0 Å². The second kappa shape index (κ2) is 9.17. The first kappa shape index (κ1) is 18.1. The maximum Gasteiger partial charge on any atom is 0.153 e. The average Bonchev–Trinajstić information content (AvgIpc) is 2.54. The van der Waals surface area contributed by atoms with Crippen LogP contribution in [0.25, 0.3) is 11.1 Å². The summed E-state index contributed by atoms with van der Waals surface area (Å²) in [5.74, 6) is 0.807. The van der Waals surface area contributed by atoms with E-state index in [-0.39, 0.29) is 6.61 Å². The molecule has 0 unspecified atom stereocenters. The normalized spacial score (nSPS) is 10.7. The van der Waals surface area contributed by atoms with Crippen LogP contribution in [0.2, 0.25) is 5.15 Å². The highest BCUT2D eigenvalue weighted by atomic mass is 127. The Labute approximate surface area is 155 Å². The van der Waals surface area contributed by atoms with Crippen LogP contribution >= 0.6 is 53.7 Å². The highest BCUT2D eigenvalue weighted by Gasteiger charge is 2.12. The van der Waals surface area contributed by atoms with E-state index in [1.165, 1.54) is 11.9 Å². The molecule has 0 atom stereocenters. The molecule has 2 aromatic heterocycles. The molecule has 0 fully saturated rings. The van der Waals surface area contributed by atoms with E-state index >= 15 is 0 Å².